The van der Waals surface area contributed by atoms with Crippen molar-refractivity contribution in [2.75, 3.05) is 26.3 Å². The van der Waals surface area contributed by atoms with Gasteiger partial charge < -0.3 is 4.74 Å². The number of rotatable bonds is 1. The van der Waals surface area contributed by atoms with Crippen LogP contribution < -0.4 is 0 Å². The molecule has 13 heavy (non-hydrogen) atoms. The fraction of sp³-hybridized carbons (Fsp3) is 0.900. The molecule has 3 nitrogen and oxygen atoms in total. The highest BCUT2D eigenvalue weighted by Gasteiger charge is 2.41. The Balaban J connectivity index is 2.04. The van der Waals surface area contributed by atoms with Crippen LogP contribution in [-0.4, -0.2) is 43.0 Å². The van der Waals surface area contributed by atoms with Gasteiger partial charge in [0.2, 0.25) is 0 Å². The predicted molar refractivity (Wildman–Crippen MR) is 49.6 cm³/mol. The van der Waals surface area contributed by atoms with Crippen LogP contribution in [0.5, 0.6) is 0 Å². The SMILES string of the molecule is CC1(C)COCC1N1CCC(=O)C1. The van der Waals surface area contributed by atoms with E-state index in [9.17, 15) is 4.79 Å². The number of hydrogen-bond acceptors (Lipinski definition) is 3. The van der Waals surface area contributed by atoms with Gasteiger partial charge in [-0.25, -0.2) is 0 Å². The normalized spacial score (nSPS) is 34.3. The average Bonchev–Trinajstić information content (AvgIpc) is 2.56. The summed E-state index contributed by atoms with van der Waals surface area (Å²) in [5.74, 6) is 0.378. The van der Waals surface area contributed by atoms with Crippen molar-refractivity contribution in [1.29, 1.82) is 0 Å². The number of ether oxygens (including phenoxy) is 1. The largest absolute Gasteiger partial charge is 0.379 e. The maximum Gasteiger partial charge on any atom is 0.148 e. The summed E-state index contributed by atoms with van der Waals surface area (Å²) in [6.45, 7) is 7.61. The molecule has 2 rings (SSSR count). The minimum Gasteiger partial charge on any atom is -0.379 e. The average molecular weight is 183 g/mol. The number of carbonyl (C=O) groups excluding carboxylic acids is 1. The van der Waals surface area contributed by atoms with Crippen molar-refractivity contribution in [1.82, 2.24) is 4.90 Å². The molecular weight excluding hydrogens is 166 g/mol. The first-order chi connectivity index (χ1) is 6.09. The molecule has 0 bridgehead atoms. The molecule has 2 aliphatic heterocycles. The van der Waals surface area contributed by atoms with Crippen molar-refractivity contribution in [3.05, 3.63) is 0 Å². The number of Topliss-reactive ketones (excluding diaryl/α,β-unsaturated/α-hetero) is 1. The maximum atomic E-state index is 11.1. The highest BCUT2D eigenvalue weighted by atomic mass is 16.5. The monoisotopic (exact) mass is 183 g/mol. The van der Waals surface area contributed by atoms with Gasteiger partial charge in [0.15, 0.2) is 0 Å². The summed E-state index contributed by atoms with van der Waals surface area (Å²) in [6, 6.07) is 0.443. The lowest BCUT2D eigenvalue weighted by Gasteiger charge is -2.32. The number of nitrogens with zero attached hydrogens (tertiary/aromatic N) is 1. The van der Waals surface area contributed by atoms with Gasteiger partial charge in [0, 0.05) is 24.4 Å². The molecular formula is C10H17NO2. The van der Waals surface area contributed by atoms with Crippen molar-refractivity contribution in [2.24, 2.45) is 5.41 Å². The van der Waals surface area contributed by atoms with Crippen LogP contribution in [0.3, 0.4) is 0 Å². The number of likely N-dealkylation sites (tertiary alicyclic amines) is 1. The van der Waals surface area contributed by atoms with E-state index in [1.165, 1.54) is 0 Å². The number of ketones is 1. The highest BCUT2D eigenvalue weighted by molar-refractivity contribution is 5.82. The molecule has 3 heteroatoms. The molecule has 74 valence electrons. The lowest BCUT2D eigenvalue weighted by Crippen LogP contribution is -2.43. The van der Waals surface area contributed by atoms with E-state index in [0.717, 1.165) is 26.2 Å². The van der Waals surface area contributed by atoms with Crippen molar-refractivity contribution < 1.29 is 9.53 Å². The zero-order chi connectivity index (χ0) is 9.47. The van der Waals surface area contributed by atoms with Gasteiger partial charge in [0.25, 0.3) is 0 Å². The first kappa shape index (κ1) is 9.16. The van der Waals surface area contributed by atoms with E-state index in [1.807, 2.05) is 0 Å². The molecule has 2 heterocycles. The van der Waals surface area contributed by atoms with Gasteiger partial charge in [-0.15, -0.1) is 0 Å². The first-order valence-corrected chi connectivity index (χ1v) is 4.93. The third-order valence-electron chi connectivity index (χ3n) is 3.15. The molecule has 0 spiro atoms. The Morgan fingerprint density at radius 2 is 2.31 bits per heavy atom. The molecule has 0 aromatic carbocycles. The predicted octanol–water partition coefficient (Wildman–Crippen LogP) is 0.686. The van der Waals surface area contributed by atoms with Crippen LogP contribution in [0.2, 0.25) is 0 Å². The Labute approximate surface area is 79.0 Å². The maximum absolute atomic E-state index is 11.1. The van der Waals surface area contributed by atoms with Crippen LogP contribution >= 0.6 is 0 Å². The fourth-order valence-electron chi connectivity index (χ4n) is 2.27. The fourth-order valence-corrected chi connectivity index (χ4v) is 2.27. The Kier molecular flexibility index (Phi) is 2.16. The Morgan fingerprint density at radius 1 is 1.54 bits per heavy atom. The van der Waals surface area contributed by atoms with Gasteiger partial charge in [-0.1, -0.05) is 13.8 Å². The molecule has 2 saturated heterocycles. The summed E-state index contributed by atoms with van der Waals surface area (Å²) in [4.78, 5) is 13.4. The summed E-state index contributed by atoms with van der Waals surface area (Å²) in [6.07, 6.45) is 0.729. The van der Waals surface area contributed by atoms with E-state index in [1.54, 1.807) is 0 Å². The lowest BCUT2D eigenvalue weighted by molar-refractivity contribution is -0.117. The van der Waals surface area contributed by atoms with Crippen LogP contribution in [0, 0.1) is 5.41 Å². The zero-order valence-electron chi connectivity index (χ0n) is 8.38. The first-order valence-electron chi connectivity index (χ1n) is 4.93. The van der Waals surface area contributed by atoms with Crippen LogP contribution in [0.25, 0.3) is 0 Å². The summed E-state index contributed by atoms with van der Waals surface area (Å²) < 4.78 is 5.47. The molecule has 0 aromatic rings. The Bertz CT molecular complexity index is 225. The van der Waals surface area contributed by atoms with Gasteiger partial charge in [-0.2, -0.15) is 0 Å². The Morgan fingerprint density at radius 3 is 2.77 bits per heavy atom. The van der Waals surface area contributed by atoms with Crippen molar-refractivity contribution in [3.63, 3.8) is 0 Å². The molecule has 0 aliphatic carbocycles. The van der Waals surface area contributed by atoms with Crippen molar-refractivity contribution >= 4 is 5.78 Å². The second-order valence-corrected chi connectivity index (χ2v) is 4.78. The third-order valence-corrected chi connectivity index (χ3v) is 3.15. The second-order valence-electron chi connectivity index (χ2n) is 4.78. The van der Waals surface area contributed by atoms with E-state index in [2.05, 4.69) is 18.7 Å². The minimum absolute atomic E-state index is 0.213. The third kappa shape index (κ3) is 1.63. The zero-order valence-corrected chi connectivity index (χ0v) is 8.38. The van der Waals surface area contributed by atoms with Gasteiger partial charge in [-0.3, -0.25) is 9.69 Å². The van der Waals surface area contributed by atoms with Gasteiger partial charge in [0.1, 0.15) is 5.78 Å². The summed E-state index contributed by atoms with van der Waals surface area (Å²) in [7, 11) is 0. The summed E-state index contributed by atoms with van der Waals surface area (Å²) in [5.41, 5.74) is 0.213. The summed E-state index contributed by atoms with van der Waals surface area (Å²) >= 11 is 0. The molecule has 0 N–H and O–H groups in total. The van der Waals surface area contributed by atoms with E-state index in [4.69, 9.17) is 4.74 Å². The number of carbonyl (C=O) groups is 1. The highest BCUT2D eigenvalue weighted by Crippen LogP contribution is 2.32. The Hall–Kier alpha value is -0.410. The standard InChI is InChI=1S/C10H17NO2/c1-10(2)7-13-6-9(10)11-4-3-8(12)5-11/h9H,3-7H2,1-2H3. The van der Waals surface area contributed by atoms with Crippen LogP contribution in [-0.2, 0) is 9.53 Å². The lowest BCUT2D eigenvalue weighted by atomic mass is 9.87. The quantitative estimate of drug-likeness (QED) is 0.599. The van der Waals surface area contributed by atoms with Gasteiger partial charge >= 0.3 is 0 Å². The summed E-state index contributed by atoms with van der Waals surface area (Å²) in [5, 5.41) is 0. The van der Waals surface area contributed by atoms with Crippen LogP contribution in [0.4, 0.5) is 0 Å². The second kappa shape index (κ2) is 3.07. The molecule has 1 unspecified atom stereocenters. The molecule has 0 aromatic heterocycles. The van der Waals surface area contributed by atoms with Crippen LogP contribution in [0.1, 0.15) is 20.3 Å². The molecule has 2 fully saturated rings. The minimum atomic E-state index is 0.213. The topological polar surface area (TPSA) is 29.5 Å². The molecule has 2 aliphatic rings. The van der Waals surface area contributed by atoms with Crippen molar-refractivity contribution in [2.45, 2.75) is 26.3 Å². The number of hydrogen-bond donors (Lipinski definition) is 0. The smallest absolute Gasteiger partial charge is 0.148 e. The molecule has 0 saturated carbocycles. The van der Waals surface area contributed by atoms with Crippen molar-refractivity contribution in [3.8, 4) is 0 Å². The molecule has 0 amide bonds. The van der Waals surface area contributed by atoms with E-state index < -0.39 is 0 Å². The van der Waals surface area contributed by atoms with E-state index in [0.29, 0.717) is 18.4 Å². The van der Waals surface area contributed by atoms with E-state index in [-0.39, 0.29) is 5.41 Å². The van der Waals surface area contributed by atoms with Gasteiger partial charge in [0.05, 0.1) is 19.8 Å². The van der Waals surface area contributed by atoms with Gasteiger partial charge in [-0.05, 0) is 0 Å². The molecule has 0 radical (unpaired) electrons. The van der Waals surface area contributed by atoms with Crippen LogP contribution in [0.15, 0.2) is 0 Å². The molecule has 1 atom stereocenters. The van der Waals surface area contributed by atoms with E-state index >= 15 is 0 Å².